The zero-order valence-corrected chi connectivity index (χ0v) is 9.37. The average molecular weight is 237 g/mol. The van der Waals surface area contributed by atoms with Crippen molar-refractivity contribution < 1.29 is 8.78 Å². The Morgan fingerprint density at radius 2 is 2.18 bits per heavy atom. The van der Waals surface area contributed by atoms with Crippen molar-refractivity contribution in [1.29, 1.82) is 0 Å². The average Bonchev–Trinajstić information content (AvgIpc) is 2.82. The van der Waals surface area contributed by atoms with E-state index in [9.17, 15) is 8.78 Å². The normalized spacial score (nSPS) is 12.6. The van der Waals surface area contributed by atoms with Gasteiger partial charge in [-0.2, -0.15) is 5.10 Å². The van der Waals surface area contributed by atoms with Gasteiger partial charge in [0.2, 0.25) is 0 Å². The summed E-state index contributed by atoms with van der Waals surface area (Å²) in [6, 6.07) is 5.74. The minimum Gasteiger partial charge on any atom is -0.304 e. The van der Waals surface area contributed by atoms with Crippen molar-refractivity contribution in [3.63, 3.8) is 0 Å². The molecule has 0 saturated carbocycles. The van der Waals surface area contributed by atoms with Crippen molar-refractivity contribution >= 4 is 0 Å². The molecule has 1 heterocycles. The monoisotopic (exact) mass is 237 g/mol. The maximum Gasteiger partial charge on any atom is 0.163 e. The number of aromatic nitrogens is 2. The first-order valence-corrected chi connectivity index (χ1v) is 5.34. The Morgan fingerprint density at radius 1 is 1.35 bits per heavy atom. The minimum atomic E-state index is -0.822. The predicted molar refractivity (Wildman–Crippen MR) is 60.2 cm³/mol. The first kappa shape index (κ1) is 11.7. The Bertz CT molecular complexity index is 483. The molecular formula is C12H13F2N3. The van der Waals surface area contributed by atoms with Crippen LogP contribution < -0.4 is 5.32 Å². The summed E-state index contributed by atoms with van der Waals surface area (Å²) in [6.45, 7) is 2.31. The molecule has 2 rings (SSSR count). The third kappa shape index (κ3) is 2.68. The second-order valence-corrected chi connectivity index (χ2v) is 3.83. The summed E-state index contributed by atoms with van der Waals surface area (Å²) >= 11 is 0. The van der Waals surface area contributed by atoms with Gasteiger partial charge in [-0.25, -0.2) is 8.78 Å². The predicted octanol–water partition coefficient (Wildman–Crippen LogP) is 2.54. The largest absolute Gasteiger partial charge is 0.304 e. The van der Waals surface area contributed by atoms with E-state index in [4.69, 9.17) is 0 Å². The molecule has 3 nitrogen and oxygen atoms in total. The number of hydrogen-bond donors (Lipinski definition) is 2. The highest BCUT2D eigenvalue weighted by atomic mass is 19.2. The van der Waals surface area contributed by atoms with Crippen molar-refractivity contribution in [2.45, 2.75) is 19.5 Å². The molecule has 1 atom stereocenters. The van der Waals surface area contributed by atoms with Gasteiger partial charge >= 0.3 is 0 Å². The maximum atomic E-state index is 13.5. The lowest BCUT2D eigenvalue weighted by Crippen LogP contribution is -2.19. The molecule has 0 radical (unpaired) electrons. The fourth-order valence-electron chi connectivity index (χ4n) is 1.61. The van der Waals surface area contributed by atoms with Crippen molar-refractivity contribution in [3.8, 4) is 0 Å². The van der Waals surface area contributed by atoms with E-state index in [0.717, 1.165) is 11.8 Å². The molecule has 17 heavy (non-hydrogen) atoms. The van der Waals surface area contributed by atoms with Crippen LogP contribution in [0.5, 0.6) is 0 Å². The zero-order valence-electron chi connectivity index (χ0n) is 9.37. The van der Waals surface area contributed by atoms with Crippen LogP contribution in [0.25, 0.3) is 0 Å². The SMILES string of the molecule is CC(NCc1ccn[nH]1)c1cccc(F)c1F. The number of halogens is 2. The van der Waals surface area contributed by atoms with Gasteiger partial charge in [0.25, 0.3) is 0 Å². The lowest BCUT2D eigenvalue weighted by atomic mass is 10.1. The molecule has 2 aromatic rings. The van der Waals surface area contributed by atoms with Gasteiger partial charge < -0.3 is 5.32 Å². The van der Waals surface area contributed by atoms with E-state index in [2.05, 4.69) is 15.5 Å². The Balaban J connectivity index is 2.04. The van der Waals surface area contributed by atoms with Gasteiger partial charge in [-0.3, -0.25) is 5.10 Å². The molecule has 1 aromatic heterocycles. The van der Waals surface area contributed by atoms with Crippen molar-refractivity contribution in [2.75, 3.05) is 0 Å². The van der Waals surface area contributed by atoms with E-state index in [1.54, 1.807) is 19.2 Å². The molecule has 5 heteroatoms. The van der Waals surface area contributed by atoms with Crippen LogP contribution in [0.1, 0.15) is 24.2 Å². The van der Waals surface area contributed by atoms with Crippen LogP contribution in [0.3, 0.4) is 0 Å². The van der Waals surface area contributed by atoms with Gasteiger partial charge in [0, 0.05) is 30.0 Å². The fourth-order valence-corrected chi connectivity index (χ4v) is 1.61. The zero-order chi connectivity index (χ0) is 12.3. The Hall–Kier alpha value is -1.75. The van der Waals surface area contributed by atoms with Crippen LogP contribution in [-0.4, -0.2) is 10.2 Å². The topological polar surface area (TPSA) is 40.7 Å². The molecule has 0 spiro atoms. The van der Waals surface area contributed by atoms with Crippen molar-refractivity contribution in [2.24, 2.45) is 0 Å². The number of rotatable bonds is 4. The minimum absolute atomic E-state index is 0.269. The van der Waals surface area contributed by atoms with Crippen LogP contribution in [0.15, 0.2) is 30.5 Å². The molecule has 1 unspecified atom stereocenters. The highest BCUT2D eigenvalue weighted by Gasteiger charge is 2.13. The Labute approximate surface area is 97.9 Å². The summed E-state index contributed by atoms with van der Waals surface area (Å²) < 4.78 is 26.5. The van der Waals surface area contributed by atoms with Crippen molar-refractivity contribution in [1.82, 2.24) is 15.5 Å². The number of aromatic amines is 1. The molecular weight excluding hydrogens is 224 g/mol. The van der Waals surface area contributed by atoms with Crippen LogP contribution in [-0.2, 0) is 6.54 Å². The van der Waals surface area contributed by atoms with Gasteiger partial charge in [0.05, 0.1) is 0 Å². The Kier molecular flexibility index (Phi) is 3.49. The molecule has 2 N–H and O–H groups in total. The molecule has 0 fully saturated rings. The summed E-state index contributed by atoms with van der Waals surface area (Å²) in [4.78, 5) is 0. The molecule has 1 aromatic carbocycles. The van der Waals surface area contributed by atoms with E-state index in [1.807, 2.05) is 6.07 Å². The van der Waals surface area contributed by atoms with Gasteiger partial charge in [-0.05, 0) is 19.1 Å². The lowest BCUT2D eigenvalue weighted by Gasteiger charge is -2.14. The number of hydrogen-bond acceptors (Lipinski definition) is 2. The summed E-state index contributed by atoms with van der Waals surface area (Å²) in [7, 11) is 0. The van der Waals surface area contributed by atoms with E-state index in [1.165, 1.54) is 6.07 Å². The molecule has 0 bridgehead atoms. The van der Waals surface area contributed by atoms with Crippen LogP contribution in [0, 0.1) is 11.6 Å². The maximum absolute atomic E-state index is 13.5. The van der Waals surface area contributed by atoms with Gasteiger partial charge in [0.1, 0.15) is 0 Å². The number of nitrogens with one attached hydrogen (secondary N) is 2. The molecule has 0 amide bonds. The first-order valence-electron chi connectivity index (χ1n) is 5.34. The summed E-state index contributed by atoms with van der Waals surface area (Å²) in [5, 5.41) is 9.69. The third-order valence-electron chi connectivity index (χ3n) is 2.61. The highest BCUT2D eigenvalue weighted by Crippen LogP contribution is 2.19. The fraction of sp³-hybridized carbons (Fsp3) is 0.250. The van der Waals surface area contributed by atoms with Gasteiger partial charge in [-0.1, -0.05) is 12.1 Å². The van der Waals surface area contributed by atoms with Crippen LogP contribution in [0.2, 0.25) is 0 Å². The molecule has 0 aliphatic carbocycles. The standard InChI is InChI=1S/C12H13F2N3/c1-8(15-7-9-5-6-16-17-9)10-3-2-4-11(13)12(10)14/h2-6,8,15H,7H2,1H3,(H,16,17). The highest BCUT2D eigenvalue weighted by molar-refractivity contribution is 5.22. The molecule has 0 aliphatic rings. The van der Waals surface area contributed by atoms with Crippen LogP contribution in [0.4, 0.5) is 8.78 Å². The second-order valence-electron chi connectivity index (χ2n) is 3.83. The van der Waals surface area contributed by atoms with Crippen molar-refractivity contribution in [3.05, 3.63) is 53.4 Å². The second kappa shape index (κ2) is 5.05. The summed E-state index contributed by atoms with van der Waals surface area (Å²) in [5.74, 6) is -1.62. The summed E-state index contributed by atoms with van der Waals surface area (Å²) in [6.07, 6.45) is 1.64. The first-order chi connectivity index (χ1) is 8.18. The number of benzene rings is 1. The van der Waals surface area contributed by atoms with E-state index >= 15 is 0 Å². The lowest BCUT2D eigenvalue weighted by molar-refractivity contribution is 0.471. The van der Waals surface area contributed by atoms with Gasteiger partial charge in [0.15, 0.2) is 11.6 Å². The number of H-pyrrole nitrogens is 1. The third-order valence-corrected chi connectivity index (χ3v) is 2.61. The smallest absolute Gasteiger partial charge is 0.163 e. The molecule has 0 aliphatic heterocycles. The molecule has 0 saturated heterocycles. The quantitative estimate of drug-likeness (QED) is 0.857. The number of nitrogens with zero attached hydrogens (tertiary/aromatic N) is 1. The van der Waals surface area contributed by atoms with Gasteiger partial charge in [-0.15, -0.1) is 0 Å². The van der Waals surface area contributed by atoms with Crippen LogP contribution >= 0.6 is 0 Å². The molecule has 90 valence electrons. The van der Waals surface area contributed by atoms with E-state index in [-0.39, 0.29) is 6.04 Å². The Morgan fingerprint density at radius 3 is 2.88 bits per heavy atom. The van der Waals surface area contributed by atoms with E-state index < -0.39 is 11.6 Å². The summed E-state index contributed by atoms with van der Waals surface area (Å²) in [5.41, 5.74) is 1.22. The van der Waals surface area contributed by atoms with E-state index in [0.29, 0.717) is 12.1 Å².